The maximum atomic E-state index is 12.7. The van der Waals surface area contributed by atoms with Gasteiger partial charge in [0.25, 0.3) is 0 Å². The number of hydrogen-bond acceptors (Lipinski definition) is 4. The van der Waals surface area contributed by atoms with Crippen LogP contribution in [0, 0.1) is 18.3 Å². The van der Waals surface area contributed by atoms with Gasteiger partial charge in [-0.3, -0.25) is 9.59 Å². The molecule has 1 heterocycles. The molecule has 1 aromatic heterocycles. The van der Waals surface area contributed by atoms with E-state index in [-0.39, 0.29) is 5.57 Å². The van der Waals surface area contributed by atoms with Crippen LogP contribution in [0.1, 0.15) is 22.2 Å². The van der Waals surface area contributed by atoms with Crippen LogP contribution in [-0.2, 0) is 9.59 Å². The first kappa shape index (κ1) is 15.2. The van der Waals surface area contributed by atoms with Gasteiger partial charge in [-0.25, -0.2) is 4.79 Å². The molecule has 1 aromatic rings. The third-order valence-corrected chi connectivity index (χ3v) is 4.63. The van der Waals surface area contributed by atoms with Crippen LogP contribution in [0.2, 0.25) is 0 Å². The summed E-state index contributed by atoms with van der Waals surface area (Å²) in [5.74, 6) is -4.22. The predicted molar refractivity (Wildman–Crippen MR) is 77.5 cm³/mol. The van der Waals surface area contributed by atoms with Crippen molar-refractivity contribution in [2.75, 3.05) is 0 Å². The van der Waals surface area contributed by atoms with Gasteiger partial charge in [0.2, 0.25) is 0 Å². The van der Waals surface area contributed by atoms with Crippen molar-refractivity contribution in [2.24, 2.45) is 11.3 Å². The average molecular weight is 306 g/mol. The number of carboxylic acid groups (broad SMARTS) is 2. The lowest BCUT2D eigenvalue weighted by molar-refractivity contribution is -0.147. The van der Waals surface area contributed by atoms with Gasteiger partial charge in [0.05, 0.1) is 16.2 Å². The first-order valence-electron chi connectivity index (χ1n) is 6.23. The van der Waals surface area contributed by atoms with Gasteiger partial charge in [-0.1, -0.05) is 18.2 Å². The van der Waals surface area contributed by atoms with Crippen LogP contribution in [0.5, 0.6) is 0 Å². The van der Waals surface area contributed by atoms with Gasteiger partial charge < -0.3 is 10.2 Å². The van der Waals surface area contributed by atoms with Crippen LogP contribution in [0.15, 0.2) is 35.2 Å². The molecule has 0 aromatic carbocycles. The first-order chi connectivity index (χ1) is 9.77. The summed E-state index contributed by atoms with van der Waals surface area (Å²) < 4.78 is 0. The minimum Gasteiger partial charge on any atom is -0.481 e. The Balaban J connectivity index is 2.55. The summed E-state index contributed by atoms with van der Waals surface area (Å²) in [6.07, 6.45) is 4.03. The molecule has 2 rings (SSSR count). The van der Waals surface area contributed by atoms with E-state index in [2.05, 4.69) is 0 Å². The molecule has 2 atom stereocenters. The topological polar surface area (TPSA) is 91.7 Å². The Morgan fingerprint density at radius 3 is 2.43 bits per heavy atom. The normalized spacial score (nSPS) is 24.5. The fourth-order valence-electron chi connectivity index (χ4n) is 2.37. The lowest BCUT2D eigenvalue weighted by atomic mass is 9.68. The molecule has 0 spiro atoms. The van der Waals surface area contributed by atoms with Crippen LogP contribution >= 0.6 is 11.3 Å². The molecule has 0 saturated heterocycles. The van der Waals surface area contributed by atoms with Crippen LogP contribution in [0.4, 0.5) is 0 Å². The number of carbonyl (C=O) groups is 3. The van der Waals surface area contributed by atoms with Crippen LogP contribution < -0.4 is 0 Å². The highest BCUT2D eigenvalue weighted by Crippen LogP contribution is 2.41. The second-order valence-electron chi connectivity index (χ2n) is 5.16. The highest BCUT2D eigenvalue weighted by Gasteiger charge is 2.49. The van der Waals surface area contributed by atoms with Gasteiger partial charge in [-0.15, -0.1) is 11.3 Å². The van der Waals surface area contributed by atoms with Crippen molar-refractivity contribution in [1.82, 2.24) is 0 Å². The van der Waals surface area contributed by atoms with E-state index in [1.165, 1.54) is 36.5 Å². The number of carboxylic acids is 2. The zero-order valence-electron chi connectivity index (χ0n) is 11.5. The second kappa shape index (κ2) is 5.29. The number of ketones is 1. The molecule has 21 heavy (non-hydrogen) atoms. The molecule has 0 fully saturated rings. The molecular weight excluding hydrogens is 292 g/mol. The zero-order chi connectivity index (χ0) is 15.8. The summed E-state index contributed by atoms with van der Waals surface area (Å²) in [6.45, 7) is 3.18. The lowest BCUT2D eigenvalue weighted by Crippen LogP contribution is -2.42. The number of hydrogen-bond donors (Lipinski definition) is 2. The largest absolute Gasteiger partial charge is 0.481 e. The van der Waals surface area contributed by atoms with E-state index >= 15 is 0 Å². The van der Waals surface area contributed by atoms with E-state index < -0.39 is 29.1 Å². The van der Waals surface area contributed by atoms with E-state index in [1.807, 2.05) is 6.92 Å². The summed E-state index contributed by atoms with van der Waals surface area (Å²) in [6, 6.07) is 1.65. The number of Topliss-reactive ketones (excluding diaryl/α,β-unsaturated/α-hetero) is 1. The molecule has 0 bridgehead atoms. The van der Waals surface area contributed by atoms with Crippen molar-refractivity contribution in [2.45, 2.75) is 13.8 Å². The number of thiophene rings is 1. The van der Waals surface area contributed by atoms with Crippen LogP contribution in [-0.4, -0.2) is 27.9 Å². The van der Waals surface area contributed by atoms with E-state index in [0.29, 0.717) is 4.88 Å². The third kappa shape index (κ3) is 2.54. The van der Waals surface area contributed by atoms with Gasteiger partial charge in [0, 0.05) is 5.57 Å². The summed E-state index contributed by atoms with van der Waals surface area (Å²) in [7, 11) is 0. The molecule has 1 aliphatic rings. The van der Waals surface area contributed by atoms with Crippen molar-refractivity contribution >= 4 is 29.1 Å². The molecule has 1 aliphatic carbocycles. The van der Waals surface area contributed by atoms with Crippen molar-refractivity contribution < 1.29 is 24.6 Å². The van der Waals surface area contributed by atoms with Crippen LogP contribution in [0.3, 0.4) is 0 Å². The minimum atomic E-state index is -1.57. The molecule has 5 nitrogen and oxygen atoms in total. The molecule has 6 heteroatoms. The molecule has 0 saturated carbocycles. The highest BCUT2D eigenvalue weighted by atomic mass is 32.1. The Bertz CT molecular complexity index is 682. The number of rotatable bonds is 4. The number of aliphatic carboxylic acids is 2. The SMILES string of the molecule is Cc1csc(C(=O)C2C(C(=O)O)=CC=CC2(C)C(=O)O)c1. The molecule has 0 aliphatic heterocycles. The Morgan fingerprint density at radius 2 is 1.95 bits per heavy atom. The summed E-state index contributed by atoms with van der Waals surface area (Å²) in [5.41, 5.74) is -0.886. The fourth-order valence-corrected chi connectivity index (χ4v) is 3.24. The van der Waals surface area contributed by atoms with Gasteiger partial charge >= 0.3 is 11.9 Å². The van der Waals surface area contributed by atoms with Crippen molar-refractivity contribution in [3.8, 4) is 0 Å². The highest BCUT2D eigenvalue weighted by molar-refractivity contribution is 7.12. The smallest absolute Gasteiger partial charge is 0.332 e. The molecule has 0 radical (unpaired) electrons. The summed E-state index contributed by atoms with van der Waals surface area (Å²) >= 11 is 1.19. The van der Waals surface area contributed by atoms with E-state index in [0.717, 1.165) is 5.56 Å². The van der Waals surface area contributed by atoms with Gasteiger partial charge in [0.1, 0.15) is 0 Å². The Labute approximate surface area is 125 Å². The third-order valence-electron chi connectivity index (χ3n) is 3.57. The van der Waals surface area contributed by atoms with Gasteiger partial charge in [-0.05, 0) is 30.9 Å². The monoisotopic (exact) mass is 306 g/mol. The van der Waals surface area contributed by atoms with E-state index in [9.17, 15) is 24.6 Å². The summed E-state index contributed by atoms with van der Waals surface area (Å²) in [4.78, 5) is 36.0. The predicted octanol–water partition coefficient (Wildman–Crippen LogP) is 2.53. The van der Waals surface area contributed by atoms with Crippen LogP contribution in [0.25, 0.3) is 0 Å². The van der Waals surface area contributed by atoms with E-state index in [1.54, 1.807) is 11.4 Å². The zero-order valence-corrected chi connectivity index (χ0v) is 12.3. The second-order valence-corrected chi connectivity index (χ2v) is 6.07. The Morgan fingerprint density at radius 1 is 1.29 bits per heavy atom. The number of aryl methyl sites for hydroxylation is 1. The quantitative estimate of drug-likeness (QED) is 0.834. The summed E-state index contributed by atoms with van der Waals surface area (Å²) in [5, 5.41) is 20.5. The number of carbonyl (C=O) groups excluding carboxylic acids is 1. The lowest BCUT2D eigenvalue weighted by Gasteiger charge is -2.32. The average Bonchev–Trinajstić information content (AvgIpc) is 2.84. The molecule has 110 valence electrons. The Kier molecular flexibility index (Phi) is 3.82. The van der Waals surface area contributed by atoms with Gasteiger partial charge in [-0.2, -0.15) is 0 Å². The molecule has 2 N–H and O–H groups in total. The maximum absolute atomic E-state index is 12.7. The molecular formula is C15H14O5S. The minimum absolute atomic E-state index is 0.196. The van der Waals surface area contributed by atoms with Crippen molar-refractivity contribution in [3.63, 3.8) is 0 Å². The maximum Gasteiger partial charge on any atom is 0.332 e. The number of allylic oxidation sites excluding steroid dienone is 2. The molecule has 2 unspecified atom stereocenters. The fraction of sp³-hybridized carbons (Fsp3) is 0.267. The van der Waals surface area contributed by atoms with E-state index in [4.69, 9.17) is 0 Å². The standard InChI is InChI=1S/C15H14O5S/c1-8-6-10(21-7-8)12(16)11-9(13(17)18)4-3-5-15(11,2)14(19)20/h3-7,11H,1-2H3,(H,17,18)(H,19,20). The van der Waals surface area contributed by atoms with Gasteiger partial charge in [0.15, 0.2) is 5.78 Å². The first-order valence-corrected chi connectivity index (χ1v) is 7.11. The van der Waals surface area contributed by atoms with Crippen molar-refractivity contribution in [1.29, 1.82) is 0 Å². The molecule has 0 amide bonds. The van der Waals surface area contributed by atoms with Crippen molar-refractivity contribution in [3.05, 3.63) is 45.7 Å². The Hall–Kier alpha value is -2.21.